The minimum absolute atomic E-state index is 0.0843. The highest BCUT2D eigenvalue weighted by atomic mass is 15.2. The Bertz CT molecular complexity index is 4630. The van der Waals surface area contributed by atoms with E-state index in [9.17, 15) is 0 Å². The van der Waals surface area contributed by atoms with Crippen LogP contribution in [0.1, 0.15) is 50.7 Å². The fraction of sp³-hybridized carbons (Fsp3) is 0.0889. The van der Waals surface area contributed by atoms with E-state index in [0.717, 1.165) is 134 Å². The molecule has 0 bridgehead atoms. The summed E-state index contributed by atoms with van der Waals surface area (Å²) in [5, 5.41) is 0. The number of nitrogens with zero attached hydrogens (tertiary/aromatic N) is 4. The van der Waals surface area contributed by atoms with E-state index in [-0.39, 0.29) is 6.71 Å². The van der Waals surface area contributed by atoms with Crippen molar-refractivity contribution >= 4 is 57.2 Å². The Labute approximate surface area is 559 Å². The van der Waals surface area contributed by atoms with Crippen LogP contribution < -0.4 is 26.2 Å². The molecule has 14 aromatic rings. The van der Waals surface area contributed by atoms with Crippen molar-refractivity contribution in [1.29, 1.82) is 0 Å². The lowest BCUT2D eigenvalue weighted by Gasteiger charge is -2.44. The van der Waals surface area contributed by atoms with Crippen LogP contribution in [-0.2, 0) is 12.8 Å². The number of rotatable bonds is 17. The summed E-state index contributed by atoms with van der Waals surface area (Å²) in [6.45, 7) is 4.51. The summed E-state index contributed by atoms with van der Waals surface area (Å²) in [6, 6.07) is 118. The number of unbranched alkanes of at least 4 members (excludes halogenated alkanes) is 2. The van der Waals surface area contributed by atoms with Crippen molar-refractivity contribution in [1.82, 2.24) is 9.97 Å². The van der Waals surface area contributed by atoms with Crippen molar-refractivity contribution < 1.29 is 0 Å². The monoisotopic (exact) mass is 1220 g/mol. The molecule has 0 saturated heterocycles. The Morgan fingerprint density at radius 3 is 0.895 bits per heavy atom. The SMILES string of the molecule is CCCCc1ccc2c(c1)B1c3cc(CCCC)ccc3N(c3ccc(-c4ccccc4)cc3)c3cc(-c4nc(-c5cc(-c6ccccc6)cc(-c6ccccc6)c5)cc(-c5cc(-c6ccccc6)cc(-c6ccccc6)c5)n4)cc(c31)N2c1ccc(-c2ccccc2)cc1. The van der Waals surface area contributed by atoms with E-state index < -0.39 is 0 Å². The summed E-state index contributed by atoms with van der Waals surface area (Å²) in [5.74, 6) is 0.631. The highest BCUT2D eigenvalue weighted by molar-refractivity contribution is 7.00. The predicted octanol–water partition coefficient (Wildman–Crippen LogP) is 22.2. The zero-order valence-electron chi connectivity index (χ0n) is 53.7. The summed E-state index contributed by atoms with van der Waals surface area (Å²) in [6.07, 6.45) is 6.53. The van der Waals surface area contributed by atoms with Crippen LogP contribution in [0.25, 0.3) is 101 Å². The van der Waals surface area contributed by atoms with Crippen LogP contribution >= 0.6 is 0 Å². The summed E-state index contributed by atoms with van der Waals surface area (Å²) < 4.78 is 0. The van der Waals surface area contributed by atoms with Gasteiger partial charge in [0.15, 0.2) is 5.82 Å². The van der Waals surface area contributed by atoms with Crippen LogP contribution in [0.3, 0.4) is 0 Å². The first kappa shape index (κ1) is 58.7. The highest BCUT2D eigenvalue weighted by Crippen LogP contribution is 2.48. The largest absolute Gasteiger partial charge is 0.311 e. The molecule has 0 spiro atoms. The van der Waals surface area contributed by atoms with Gasteiger partial charge in [-0.05, 0) is 211 Å². The Morgan fingerprint density at radius 2 is 0.568 bits per heavy atom. The van der Waals surface area contributed by atoms with Gasteiger partial charge in [0.1, 0.15) is 0 Å². The predicted molar refractivity (Wildman–Crippen MR) is 402 cm³/mol. The fourth-order valence-corrected chi connectivity index (χ4v) is 14.3. The maximum atomic E-state index is 5.90. The van der Waals surface area contributed by atoms with Gasteiger partial charge < -0.3 is 9.80 Å². The van der Waals surface area contributed by atoms with E-state index in [1.54, 1.807) is 0 Å². The van der Waals surface area contributed by atoms with Crippen molar-refractivity contribution in [3.8, 4) is 101 Å². The van der Waals surface area contributed by atoms with Crippen molar-refractivity contribution in [2.45, 2.75) is 52.4 Å². The molecule has 1 aromatic heterocycles. The molecule has 95 heavy (non-hydrogen) atoms. The lowest BCUT2D eigenvalue weighted by Crippen LogP contribution is -2.61. The number of anilines is 6. The van der Waals surface area contributed by atoms with Gasteiger partial charge in [-0.3, -0.25) is 0 Å². The van der Waals surface area contributed by atoms with Gasteiger partial charge in [-0.2, -0.15) is 0 Å². The molecule has 16 rings (SSSR count). The minimum atomic E-state index is -0.0843. The fourth-order valence-electron chi connectivity index (χ4n) is 14.3. The van der Waals surface area contributed by atoms with Gasteiger partial charge in [0.05, 0.1) is 11.4 Å². The first-order chi connectivity index (χ1) is 47.0. The maximum Gasteiger partial charge on any atom is 0.252 e. The molecular weight excluding hydrogens is 1150 g/mol. The van der Waals surface area contributed by atoms with Crippen LogP contribution in [0.15, 0.2) is 322 Å². The zero-order chi connectivity index (χ0) is 63.6. The molecule has 0 saturated carbocycles. The van der Waals surface area contributed by atoms with Gasteiger partial charge in [0, 0.05) is 50.8 Å². The Balaban J connectivity index is 0.994. The van der Waals surface area contributed by atoms with Gasteiger partial charge >= 0.3 is 0 Å². The molecule has 0 aliphatic carbocycles. The second-order valence-corrected chi connectivity index (χ2v) is 25.4. The third-order valence-electron chi connectivity index (χ3n) is 19.2. The van der Waals surface area contributed by atoms with Crippen molar-refractivity contribution in [2.24, 2.45) is 0 Å². The van der Waals surface area contributed by atoms with Crippen LogP contribution in [0.4, 0.5) is 34.1 Å². The lowest BCUT2D eigenvalue weighted by molar-refractivity contribution is 0.795. The summed E-state index contributed by atoms with van der Waals surface area (Å²) in [5.41, 5.74) is 31.6. The van der Waals surface area contributed by atoms with E-state index in [1.807, 2.05) is 0 Å². The standard InChI is InChI=1S/C90H71BN4/c1-3-5-25-62-39-49-85-81(51-62)91-82-52-63(26-6-4-2)40-50-86(82)95(80-47-43-71(44-48-80)65-29-15-8-16-30-65)88-60-78(59-87(89(88)91)94(85)79-45-41-70(42-46-79)64-27-13-7-14-28-64)90-92-83(76-55-72(66-31-17-9-18-32-66)53-73(56-76)67-33-19-10-20-34-67)61-84(93-90)77-57-74(68-35-21-11-22-36-68)54-75(58-77)69-37-23-12-24-38-69/h7-24,27-61H,3-6,25-26H2,1-2H3. The molecule has 3 heterocycles. The van der Waals surface area contributed by atoms with Gasteiger partial charge in [-0.15, -0.1) is 0 Å². The zero-order valence-corrected chi connectivity index (χ0v) is 53.7. The van der Waals surface area contributed by atoms with Gasteiger partial charge in [0.25, 0.3) is 6.71 Å². The van der Waals surface area contributed by atoms with Crippen LogP contribution in [-0.4, -0.2) is 16.7 Å². The molecule has 0 amide bonds. The molecule has 2 aliphatic heterocycles. The van der Waals surface area contributed by atoms with Crippen LogP contribution in [0, 0.1) is 0 Å². The number of hydrogen-bond donors (Lipinski definition) is 0. The smallest absolute Gasteiger partial charge is 0.252 e. The quantitative estimate of drug-likeness (QED) is 0.0851. The third-order valence-corrected chi connectivity index (χ3v) is 19.2. The molecule has 2 aliphatic rings. The summed E-state index contributed by atoms with van der Waals surface area (Å²) in [7, 11) is 0. The van der Waals surface area contributed by atoms with E-state index in [2.05, 4.69) is 345 Å². The second kappa shape index (κ2) is 25.9. The van der Waals surface area contributed by atoms with Crippen LogP contribution in [0.2, 0.25) is 0 Å². The topological polar surface area (TPSA) is 32.3 Å². The Kier molecular flexibility index (Phi) is 16.0. The average molecular weight is 1220 g/mol. The number of aryl methyl sites for hydroxylation is 2. The van der Waals surface area contributed by atoms with E-state index >= 15 is 0 Å². The Morgan fingerprint density at radius 1 is 0.263 bits per heavy atom. The minimum Gasteiger partial charge on any atom is -0.311 e. The summed E-state index contributed by atoms with van der Waals surface area (Å²) in [4.78, 5) is 16.9. The molecular formula is C90H71BN4. The first-order valence-corrected chi connectivity index (χ1v) is 33.8. The first-order valence-electron chi connectivity index (χ1n) is 33.8. The van der Waals surface area contributed by atoms with Crippen molar-refractivity contribution in [3.63, 3.8) is 0 Å². The number of hydrogen-bond acceptors (Lipinski definition) is 4. The van der Waals surface area contributed by atoms with E-state index in [4.69, 9.17) is 9.97 Å². The number of benzene rings is 13. The summed E-state index contributed by atoms with van der Waals surface area (Å²) >= 11 is 0. The molecule has 4 nitrogen and oxygen atoms in total. The molecule has 454 valence electrons. The van der Waals surface area contributed by atoms with Crippen molar-refractivity contribution in [2.75, 3.05) is 9.80 Å². The maximum absolute atomic E-state index is 5.90. The van der Waals surface area contributed by atoms with Gasteiger partial charge in [0.2, 0.25) is 0 Å². The molecule has 5 heteroatoms. The average Bonchev–Trinajstić information content (AvgIpc) is 0.697. The molecule has 0 atom stereocenters. The van der Waals surface area contributed by atoms with Crippen molar-refractivity contribution in [3.05, 3.63) is 333 Å². The lowest BCUT2D eigenvalue weighted by atomic mass is 9.33. The number of fused-ring (bicyclic) bond motifs is 4. The third kappa shape index (κ3) is 11.7. The normalized spacial score (nSPS) is 12.1. The molecule has 0 unspecified atom stereocenters. The van der Waals surface area contributed by atoms with E-state index in [1.165, 1.54) is 61.1 Å². The van der Waals surface area contributed by atoms with Gasteiger partial charge in [-0.1, -0.05) is 257 Å². The number of aromatic nitrogens is 2. The molecule has 0 radical (unpaired) electrons. The Hall–Kier alpha value is -11.4. The molecule has 0 N–H and O–H groups in total. The molecule has 0 fully saturated rings. The van der Waals surface area contributed by atoms with E-state index in [0.29, 0.717) is 5.82 Å². The van der Waals surface area contributed by atoms with Gasteiger partial charge in [-0.25, -0.2) is 9.97 Å². The highest BCUT2D eigenvalue weighted by Gasteiger charge is 2.44. The molecule has 13 aromatic carbocycles. The second-order valence-electron chi connectivity index (χ2n) is 25.4. The van der Waals surface area contributed by atoms with Crippen LogP contribution in [0.5, 0.6) is 0 Å².